The van der Waals surface area contributed by atoms with Crippen molar-refractivity contribution in [3.05, 3.63) is 47.7 Å². The van der Waals surface area contributed by atoms with Crippen LogP contribution in [-0.2, 0) is 0 Å². The Bertz CT molecular complexity index is 524. The topological polar surface area (TPSA) is 12.9 Å². The highest BCUT2D eigenvalue weighted by Crippen LogP contribution is 2.19. The Morgan fingerprint density at radius 2 is 1.93 bits per heavy atom. The number of nitrogens with zero attached hydrogens (tertiary/aromatic N) is 1. The van der Waals surface area contributed by atoms with Gasteiger partial charge in [0, 0.05) is 11.1 Å². The molecule has 0 aliphatic heterocycles. The van der Waals surface area contributed by atoms with Crippen molar-refractivity contribution in [2.75, 3.05) is 0 Å². The van der Waals surface area contributed by atoms with E-state index in [0.29, 0.717) is 0 Å². The van der Waals surface area contributed by atoms with Gasteiger partial charge < -0.3 is 0 Å². The van der Waals surface area contributed by atoms with Gasteiger partial charge in [0.15, 0.2) is 0 Å². The van der Waals surface area contributed by atoms with Gasteiger partial charge in [-0.1, -0.05) is 24.3 Å². The zero-order valence-electron chi connectivity index (χ0n) is 9.41. The molecule has 0 N–H and O–H groups in total. The van der Waals surface area contributed by atoms with Crippen LogP contribution in [0.1, 0.15) is 25.1 Å². The number of rotatable bonds is 1. The molecule has 0 aliphatic carbocycles. The van der Waals surface area contributed by atoms with E-state index >= 15 is 0 Å². The molecule has 1 heteroatoms. The third-order valence-corrected chi connectivity index (χ3v) is 2.72. The van der Waals surface area contributed by atoms with Crippen LogP contribution in [0.15, 0.2) is 36.4 Å². The van der Waals surface area contributed by atoms with Gasteiger partial charge in [-0.05, 0) is 44.0 Å². The Hall–Kier alpha value is -1.63. The fraction of sp³-hybridized carbons (Fsp3) is 0.214. The summed E-state index contributed by atoms with van der Waals surface area (Å²) in [6.07, 6.45) is 2.12. The van der Waals surface area contributed by atoms with Gasteiger partial charge in [0.2, 0.25) is 0 Å². The zero-order valence-corrected chi connectivity index (χ0v) is 9.41. The summed E-state index contributed by atoms with van der Waals surface area (Å²) >= 11 is 0. The molecule has 2 rings (SSSR count). The van der Waals surface area contributed by atoms with Crippen molar-refractivity contribution in [3.8, 4) is 0 Å². The van der Waals surface area contributed by atoms with Crippen LogP contribution < -0.4 is 0 Å². The average Bonchev–Trinajstić information content (AvgIpc) is 2.27. The van der Waals surface area contributed by atoms with Gasteiger partial charge in [0.1, 0.15) is 0 Å². The van der Waals surface area contributed by atoms with Crippen LogP contribution in [-0.4, -0.2) is 4.98 Å². The van der Waals surface area contributed by atoms with Crippen molar-refractivity contribution >= 4 is 16.5 Å². The second-order valence-corrected chi connectivity index (χ2v) is 3.83. The first-order valence-corrected chi connectivity index (χ1v) is 5.21. The van der Waals surface area contributed by atoms with E-state index in [-0.39, 0.29) is 0 Å². The van der Waals surface area contributed by atoms with Crippen LogP contribution in [0, 0.1) is 6.92 Å². The number of benzene rings is 1. The maximum Gasteiger partial charge on any atom is 0.0711 e. The van der Waals surface area contributed by atoms with E-state index in [0.717, 1.165) is 11.2 Å². The molecule has 0 unspecified atom stereocenters. The molecular weight excluding hydrogens is 182 g/mol. The van der Waals surface area contributed by atoms with Crippen molar-refractivity contribution in [3.63, 3.8) is 0 Å². The van der Waals surface area contributed by atoms with Gasteiger partial charge in [0.25, 0.3) is 0 Å². The van der Waals surface area contributed by atoms with Crippen LogP contribution in [0.2, 0.25) is 0 Å². The summed E-state index contributed by atoms with van der Waals surface area (Å²) in [6, 6.07) is 10.6. The second kappa shape index (κ2) is 3.85. The predicted octanol–water partition coefficient (Wildman–Crippen LogP) is 3.97. The molecule has 0 fully saturated rings. The number of aryl methyl sites for hydroxylation is 1. The summed E-state index contributed by atoms with van der Waals surface area (Å²) in [6.45, 7) is 6.20. The Kier molecular flexibility index (Phi) is 2.55. The van der Waals surface area contributed by atoms with E-state index in [4.69, 9.17) is 0 Å². The lowest BCUT2D eigenvalue weighted by molar-refractivity contribution is 1.25. The Morgan fingerprint density at radius 1 is 1.20 bits per heavy atom. The molecule has 0 saturated carbocycles. The van der Waals surface area contributed by atoms with Gasteiger partial charge in [-0.2, -0.15) is 0 Å². The predicted molar refractivity (Wildman–Crippen MR) is 65.8 cm³/mol. The number of aromatic nitrogens is 1. The molecule has 76 valence electrons. The molecule has 1 nitrogen and oxygen atoms in total. The first-order chi connectivity index (χ1) is 7.20. The van der Waals surface area contributed by atoms with E-state index in [2.05, 4.69) is 49.2 Å². The molecule has 15 heavy (non-hydrogen) atoms. The van der Waals surface area contributed by atoms with Gasteiger partial charge in [0.05, 0.1) is 5.52 Å². The van der Waals surface area contributed by atoms with Gasteiger partial charge in [-0.25, -0.2) is 0 Å². The summed E-state index contributed by atoms with van der Waals surface area (Å²) in [5, 5.41) is 1.20. The molecule has 0 amide bonds. The Morgan fingerprint density at radius 3 is 2.67 bits per heavy atom. The quantitative estimate of drug-likeness (QED) is 0.674. The highest BCUT2D eigenvalue weighted by Gasteiger charge is 1.99. The minimum atomic E-state index is 1.07. The maximum absolute atomic E-state index is 4.53. The number of fused-ring (bicyclic) bond motifs is 1. The van der Waals surface area contributed by atoms with Crippen LogP contribution in [0.25, 0.3) is 16.5 Å². The molecule has 0 radical (unpaired) electrons. The normalized spacial score (nSPS) is 12.1. The van der Waals surface area contributed by atoms with Crippen molar-refractivity contribution < 1.29 is 0 Å². The number of allylic oxidation sites excluding steroid dienone is 2. The zero-order chi connectivity index (χ0) is 10.8. The highest BCUT2D eigenvalue weighted by atomic mass is 14.7. The number of hydrogen-bond acceptors (Lipinski definition) is 1. The van der Waals surface area contributed by atoms with Crippen LogP contribution in [0.4, 0.5) is 0 Å². The standard InChI is InChI=1S/C14H15N/c1-4-10(2)13-8-7-12-6-5-11(3)15-14(12)9-13/h4-9H,1-3H3/b10-4+. The highest BCUT2D eigenvalue weighted by molar-refractivity contribution is 5.82. The minimum Gasteiger partial charge on any atom is -0.253 e. The summed E-state index contributed by atoms with van der Waals surface area (Å²) in [5.74, 6) is 0. The fourth-order valence-electron chi connectivity index (χ4n) is 1.63. The molecule has 1 heterocycles. The number of pyridine rings is 1. The van der Waals surface area contributed by atoms with Crippen LogP contribution >= 0.6 is 0 Å². The van der Waals surface area contributed by atoms with Gasteiger partial charge in [-0.3, -0.25) is 4.98 Å². The van der Waals surface area contributed by atoms with Crippen molar-refractivity contribution in [2.24, 2.45) is 0 Å². The summed E-state index contributed by atoms with van der Waals surface area (Å²) in [7, 11) is 0. The Labute approximate surface area is 90.5 Å². The van der Waals surface area contributed by atoms with E-state index in [1.54, 1.807) is 0 Å². The smallest absolute Gasteiger partial charge is 0.0711 e. The van der Waals surface area contributed by atoms with Crippen LogP contribution in [0.5, 0.6) is 0 Å². The first-order valence-electron chi connectivity index (χ1n) is 5.21. The van der Waals surface area contributed by atoms with Crippen molar-refractivity contribution in [2.45, 2.75) is 20.8 Å². The minimum absolute atomic E-state index is 1.07. The fourth-order valence-corrected chi connectivity index (χ4v) is 1.63. The molecule has 0 saturated heterocycles. The average molecular weight is 197 g/mol. The SMILES string of the molecule is C/C=C(\C)c1ccc2ccc(C)nc2c1. The monoisotopic (exact) mass is 197 g/mol. The van der Waals surface area contributed by atoms with Gasteiger partial charge in [-0.15, -0.1) is 0 Å². The third-order valence-electron chi connectivity index (χ3n) is 2.72. The lowest BCUT2D eigenvalue weighted by Crippen LogP contribution is -1.85. The van der Waals surface area contributed by atoms with E-state index in [9.17, 15) is 0 Å². The molecule has 0 spiro atoms. The van der Waals surface area contributed by atoms with Gasteiger partial charge >= 0.3 is 0 Å². The molecule has 0 atom stereocenters. The van der Waals surface area contributed by atoms with E-state index in [1.165, 1.54) is 16.5 Å². The third kappa shape index (κ3) is 1.91. The summed E-state index contributed by atoms with van der Waals surface area (Å²) in [4.78, 5) is 4.53. The lowest BCUT2D eigenvalue weighted by Gasteiger charge is -2.03. The van der Waals surface area contributed by atoms with E-state index in [1.807, 2.05) is 13.0 Å². The number of hydrogen-bond donors (Lipinski definition) is 0. The lowest BCUT2D eigenvalue weighted by atomic mass is 10.0. The van der Waals surface area contributed by atoms with Crippen LogP contribution in [0.3, 0.4) is 0 Å². The Balaban J connectivity index is 2.64. The summed E-state index contributed by atoms with van der Waals surface area (Å²) in [5.41, 5.74) is 4.69. The summed E-state index contributed by atoms with van der Waals surface area (Å²) < 4.78 is 0. The molecule has 1 aromatic heterocycles. The molecule has 0 bridgehead atoms. The first kappa shape index (κ1) is 9.91. The molecular formula is C14H15N. The van der Waals surface area contributed by atoms with Crippen molar-refractivity contribution in [1.29, 1.82) is 0 Å². The maximum atomic E-state index is 4.53. The molecule has 1 aromatic carbocycles. The second-order valence-electron chi connectivity index (χ2n) is 3.83. The largest absolute Gasteiger partial charge is 0.253 e. The molecule has 0 aliphatic rings. The van der Waals surface area contributed by atoms with E-state index < -0.39 is 0 Å². The molecule has 2 aromatic rings. The van der Waals surface area contributed by atoms with Crippen molar-refractivity contribution in [1.82, 2.24) is 4.98 Å².